The van der Waals surface area contributed by atoms with Gasteiger partial charge < -0.3 is 0 Å². The van der Waals surface area contributed by atoms with Gasteiger partial charge in [0.1, 0.15) is 5.82 Å². The third-order valence-electron chi connectivity index (χ3n) is 2.76. The summed E-state index contributed by atoms with van der Waals surface area (Å²) in [5.41, 5.74) is 1.87. The van der Waals surface area contributed by atoms with Crippen LogP contribution in [-0.4, -0.2) is 0 Å². The zero-order chi connectivity index (χ0) is 10.1. The minimum atomic E-state index is -0.0829. The Morgan fingerprint density at radius 1 is 1.43 bits per heavy atom. The lowest BCUT2D eigenvalue weighted by Gasteiger charge is -2.13. The molecule has 1 unspecified atom stereocenters. The molecule has 0 N–H and O–H groups in total. The van der Waals surface area contributed by atoms with Gasteiger partial charge in [0.15, 0.2) is 0 Å². The van der Waals surface area contributed by atoms with E-state index in [9.17, 15) is 4.39 Å². The molecule has 0 bridgehead atoms. The van der Waals surface area contributed by atoms with Gasteiger partial charge in [-0.3, -0.25) is 0 Å². The van der Waals surface area contributed by atoms with Crippen LogP contribution < -0.4 is 0 Å². The fourth-order valence-electron chi connectivity index (χ4n) is 1.81. The molecule has 1 aromatic rings. The SMILES string of the molecule is [CH2]C(C=C)c1cccc(F)c1C1CC1. The van der Waals surface area contributed by atoms with Crippen molar-refractivity contribution in [3.05, 3.63) is 54.7 Å². The van der Waals surface area contributed by atoms with E-state index in [1.54, 1.807) is 12.1 Å². The van der Waals surface area contributed by atoms with Crippen molar-refractivity contribution >= 4 is 0 Å². The standard InChI is InChI=1S/C13H14F/c1-3-9(2)11-5-4-6-12(14)13(11)10-7-8-10/h3-6,9-10H,1-2,7-8H2. The highest BCUT2D eigenvalue weighted by atomic mass is 19.1. The molecule has 1 fully saturated rings. The monoisotopic (exact) mass is 189 g/mol. The smallest absolute Gasteiger partial charge is 0.126 e. The van der Waals surface area contributed by atoms with E-state index >= 15 is 0 Å². The molecule has 0 spiro atoms. The highest BCUT2D eigenvalue weighted by Crippen LogP contribution is 2.44. The zero-order valence-corrected chi connectivity index (χ0v) is 8.17. The van der Waals surface area contributed by atoms with E-state index in [4.69, 9.17) is 0 Å². The molecule has 14 heavy (non-hydrogen) atoms. The summed E-state index contributed by atoms with van der Waals surface area (Å²) >= 11 is 0. The molecule has 1 heteroatoms. The Bertz CT molecular complexity index is 350. The normalized spacial score (nSPS) is 17.9. The van der Waals surface area contributed by atoms with Crippen molar-refractivity contribution in [1.82, 2.24) is 0 Å². The predicted octanol–water partition coefficient (Wildman–Crippen LogP) is 3.81. The van der Waals surface area contributed by atoms with Crippen LogP contribution in [0.1, 0.15) is 35.8 Å². The van der Waals surface area contributed by atoms with Crippen molar-refractivity contribution in [2.45, 2.75) is 24.7 Å². The molecule has 1 aliphatic carbocycles. The van der Waals surface area contributed by atoms with Crippen molar-refractivity contribution in [1.29, 1.82) is 0 Å². The van der Waals surface area contributed by atoms with Gasteiger partial charge in [0.25, 0.3) is 0 Å². The first-order chi connectivity index (χ1) is 6.74. The second-order valence-corrected chi connectivity index (χ2v) is 3.86. The number of rotatable bonds is 3. The molecule has 0 aliphatic heterocycles. The van der Waals surface area contributed by atoms with Gasteiger partial charge in [-0.25, -0.2) is 4.39 Å². The van der Waals surface area contributed by atoms with Crippen molar-refractivity contribution in [2.24, 2.45) is 0 Å². The number of hydrogen-bond donors (Lipinski definition) is 0. The molecule has 1 radical (unpaired) electrons. The van der Waals surface area contributed by atoms with E-state index in [1.807, 2.05) is 6.07 Å². The fraction of sp³-hybridized carbons (Fsp3) is 0.308. The molecule has 0 saturated heterocycles. The van der Waals surface area contributed by atoms with Gasteiger partial charge in [0.2, 0.25) is 0 Å². The first-order valence-electron chi connectivity index (χ1n) is 4.98. The van der Waals surface area contributed by atoms with Crippen LogP contribution in [0, 0.1) is 12.7 Å². The van der Waals surface area contributed by atoms with Crippen LogP contribution in [0.5, 0.6) is 0 Å². The lowest BCUT2D eigenvalue weighted by Crippen LogP contribution is -1.99. The van der Waals surface area contributed by atoms with Crippen molar-refractivity contribution in [3.8, 4) is 0 Å². The maximum atomic E-state index is 13.6. The first kappa shape index (κ1) is 9.45. The summed E-state index contributed by atoms with van der Waals surface area (Å²) in [5, 5.41) is 0. The molecule has 1 aromatic carbocycles. The average molecular weight is 189 g/mol. The van der Waals surface area contributed by atoms with Crippen LogP contribution in [0.15, 0.2) is 30.9 Å². The van der Waals surface area contributed by atoms with E-state index in [-0.39, 0.29) is 11.7 Å². The highest BCUT2D eigenvalue weighted by molar-refractivity contribution is 5.39. The lowest BCUT2D eigenvalue weighted by atomic mass is 9.93. The summed E-state index contributed by atoms with van der Waals surface area (Å²) < 4.78 is 13.6. The first-order valence-corrected chi connectivity index (χ1v) is 4.98. The zero-order valence-electron chi connectivity index (χ0n) is 8.17. The van der Waals surface area contributed by atoms with Gasteiger partial charge in [-0.1, -0.05) is 18.2 Å². The number of benzene rings is 1. The van der Waals surface area contributed by atoms with E-state index in [0.717, 1.165) is 24.0 Å². The summed E-state index contributed by atoms with van der Waals surface area (Å²) in [7, 11) is 0. The second kappa shape index (κ2) is 3.56. The van der Waals surface area contributed by atoms with E-state index in [2.05, 4.69) is 13.5 Å². The van der Waals surface area contributed by atoms with Crippen LogP contribution in [0.2, 0.25) is 0 Å². The van der Waals surface area contributed by atoms with Gasteiger partial charge in [-0.15, -0.1) is 6.58 Å². The van der Waals surface area contributed by atoms with Crippen LogP contribution in [0.4, 0.5) is 4.39 Å². The molecule has 73 valence electrons. The summed E-state index contributed by atoms with van der Waals surface area (Å²) in [6.07, 6.45) is 3.98. The largest absolute Gasteiger partial charge is 0.207 e. The highest BCUT2D eigenvalue weighted by Gasteiger charge is 2.29. The van der Waals surface area contributed by atoms with Crippen LogP contribution in [-0.2, 0) is 0 Å². The summed E-state index contributed by atoms with van der Waals surface area (Å²) in [6.45, 7) is 7.66. The Kier molecular flexibility index (Phi) is 2.40. The minimum absolute atomic E-state index is 0.00120. The Morgan fingerprint density at radius 3 is 2.71 bits per heavy atom. The number of allylic oxidation sites excluding steroid dienone is 1. The Hall–Kier alpha value is -1.11. The van der Waals surface area contributed by atoms with Crippen molar-refractivity contribution < 1.29 is 4.39 Å². The van der Waals surface area contributed by atoms with Crippen LogP contribution in [0.3, 0.4) is 0 Å². The fourth-order valence-corrected chi connectivity index (χ4v) is 1.81. The maximum absolute atomic E-state index is 13.6. The van der Waals surface area contributed by atoms with Gasteiger partial charge in [-0.05, 0) is 42.9 Å². The molecule has 1 aliphatic rings. The number of hydrogen-bond acceptors (Lipinski definition) is 0. The Labute approximate surface area is 84.5 Å². The summed E-state index contributed by atoms with van der Waals surface area (Å²) in [4.78, 5) is 0. The molecule has 0 amide bonds. The van der Waals surface area contributed by atoms with Gasteiger partial charge in [0, 0.05) is 5.92 Å². The lowest BCUT2D eigenvalue weighted by molar-refractivity contribution is 0.607. The van der Waals surface area contributed by atoms with Crippen molar-refractivity contribution in [2.75, 3.05) is 0 Å². The average Bonchev–Trinajstić information content (AvgIpc) is 3.00. The Balaban J connectivity index is 2.46. The summed E-state index contributed by atoms with van der Waals surface area (Å²) in [6, 6.07) is 5.24. The molecular formula is C13H14F. The molecule has 1 saturated carbocycles. The van der Waals surface area contributed by atoms with Gasteiger partial charge in [0.05, 0.1) is 0 Å². The minimum Gasteiger partial charge on any atom is -0.207 e. The summed E-state index contributed by atoms with van der Waals surface area (Å²) in [5.74, 6) is 0.345. The molecule has 1 atom stereocenters. The molecule has 0 aromatic heterocycles. The maximum Gasteiger partial charge on any atom is 0.126 e. The van der Waals surface area contributed by atoms with E-state index < -0.39 is 0 Å². The van der Waals surface area contributed by atoms with E-state index in [1.165, 1.54) is 6.07 Å². The number of halogens is 1. The van der Waals surface area contributed by atoms with Gasteiger partial charge in [-0.2, -0.15) is 0 Å². The third kappa shape index (κ3) is 1.59. The molecule has 2 rings (SSSR count). The molecular weight excluding hydrogens is 175 g/mol. The topological polar surface area (TPSA) is 0 Å². The van der Waals surface area contributed by atoms with Gasteiger partial charge >= 0.3 is 0 Å². The predicted molar refractivity (Wildman–Crippen MR) is 56.7 cm³/mol. The van der Waals surface area contributed by atoms with Crippen LogP contribution in [0.25, 0.3) is 0 Å². The quantitative estimate of drug-likeness (QED) is 0.634. The van der Waals surface area contributed by atoms with E-state index in [0.29, 0.717) is 5.92 Å². The third-order valence-corrected chi connectivity index (χ3v) is 2.76. The van der Waals surface area contributed by atoms with Crippen molar-refractivity contribution in [3.63, 3.8) is 0 Å². The Morgan fingerprint density at radius 2 is 2.14 bits per heavy atom. The second-order valence-electron chi connectivity index (χ2n) is 3.86. The molecule has 0 heterocycles. The van der Waals surface area contributed by atoms with Crippen LogP contribution >= 0.6 is 0 Å². The molecule has 0 nitrogen and oxygen atoms in total.